The molecule has 0 saturated heterocycles. The predicted molar refractivity (Wildman–Crippen MR) is 72.0 cm³/mol. The average molecular weight is 360 g/mol. The van der Waals surface area contributed by atoms with Crippen LogP contribution in [0.4, 0.5) is 0 Å². The fourth-order valence-corrected chi connectivity index (χ4v) is 1.70. The molecule has 119 valence electrons. The van der Waals surface area contributed by atoms with E-state index in [-0.39, 0.29) is 17.1 Å². The summed E-state index contributed by atoms with van der Waals surface area (Å²) >= 11 is 3.15. The van der Waals surface area contributed by atoms with Crippen molar-refractivity contribution in [1.29, 1.82) is 0 Å². The van der Waals surface area contributed by atoms with Gasteiger partial charge in [-0.1, -0.05) is 0 Å². The molecule has 0 fully saturated rings. The number of carboxylic acid groups (broad SMARTS) is 2. The Hall–Kier alpha value is 0.0795. The molecule has 0 aromatic heterocycles. The van der Waals surface area contributed by atoms with E-state index >= 15 is 0 Å². The molecule has 4 N–H and O–H groups in total. The predicted octanol–water partition coefficient (Wildman–Crippen LogP) is -2.37. The molecule has 0 bridgehead atoms. The third-order valence-corrected chi connectivity index (χ3v) is 3.16. The van der Waals surface area contributed by atoms with Gasteiger partial charge in [-0.25, -0.2) is 0 Å². The van der Waals surface area contributed by atoms with Gasteiger partial charge < -0.3 is 31.3 Å². The SMILES string of the molecule is CSCC[C@H](N)C(=O)[O-].CSCC[C@H](N)C(=O)[O-].[Cu]. The average Bonchev–Trinajstić information content (AvgIpc) is 2.33. The monoisotopic (exact) mass is 359 g/mol. The van der Waals surface area contributed by atoms with Crippen LogP contribution < -0.4 is 21.7 Å². The van der Waals surface area contributed by atoms with Crippen molar-refractivity contribution in [3.05, 3.63) is 0 Å². The zero-order valence-corrected chi connectivity index (χ0v) is 13.5. The van der Waals surface area contributed by atoms with Gasteiger partial charge in [0.1, 0.15) is 0 Å². The summed E-state index contributed by atoms with van der Waals surface area (Å²) in [5, 5.41) is 19.9. The number of carbonyl (C=O) groups excluding carboxylic acids is 2. The first-order valence-electron chi connectivity index (χ1n) is 5.27. The Balaban J connectivity index is -0.000000256. The van der Waals surface area contributed by atoms with Crippen LogP contribution in [0.2, 0.25) is 0 Å². The number of carbonyl (C=O) groups is 2. The van der Waals surface area contributed by atoms with Crippen LogP contribution in [-0.4, -0.2) is 48.0 Å². The molecule has 1 radical (unpaired) electrons. The summed E-state index contributed by atoms with van der Waals surface area (Å²) < 4.78 is 0. The second kappa shape index (κ2) is 16.1. The van der Waals surface area contributed by atoms with Crippen molar-refractivity contribution in [2.75, 3.05) is 24.0 Å². The second-order valence-corrected chi connectivity index (χ2v) is 5.39. The van der Waals surface area contributed by atoms with Gasteiger partial charge in [0.2, 0.25) is 0 Å². The number of thioether (sulfide) groups is 2. The van der Waals surface area contributed by atoms with Crippen molar-refractivity contribution < 1.29 is 36.9 Å². The molecule has 0 amide bonds. The summed E-state index contributed by atoms with van der Waals surface area (Å²) in [6, 6.07) is -1.59. The molecule has 0 saturated carbocycles. The molecule has 2 atom stereocenters. The molecule has 19 heavy (non-hydrogen) atoms. The minimum atomic E-state index is -1.16. The Kier molecular flexibility index (Phi) is 20.5. The van der Waals surface area contributed by atoms with Crippen molar-refractivity contribution in [2.45, 2.75) is 24.9 Å². The van der Waals surface area contributed by atoms with Crippen molar-refractivity contribution in [1.82, 2.24) is 0 Å². The Labute approximate surface area is 132 Å². The largest absolute Gasteiger partial charge is 0.548 e. The summed E-state index contributed by atoms with van der Waals surface area (Å²) in [7, 11) is 0. The number of hydrogen-bond donors (Lipinski definition) is 2. The molecule has 0 heterocycles. The first-order valence-corrected chi connectivity index (χ1v) is 8.06. The third-order valence-electron chi connectivity index (χ3n) is 1.87. The fourth-order valence-electron chi connectivity index (χ4n) is 0.725. The van der Waals surface area contributed by atoms with E-state index in [9.17, 15) is 19.8 Å². The van der Waals surface area contributed by atoms with Gasteiger partial charge in [0.25, 0.3) is 0 Å². The quantitative estimate of drug-likeness (QED) is 0.459. The van der Waals surface area contributed by atoms with Crippen LogP contribution >= 0.6 is 23.5 Å². The van der Waals surface area contributed by atoms with Gasteiger partial charge in [0, 0.05) is 29.2 Å². The number of aliphatic carboxylic acids is 2. The Morgan fingerprint density at radius 3 is 1.37 bits per heavy atom. The third kappa shape index (κ3) is 18.1. The van der Waals surface area contributed by atoms with E-state index in [0.29, 0.717) is 12.8 Å². The fraction of sp³-hybridized carbons (Fsp3) is 0.800. The zero-order valence-electron chi connectivity index (χ0n) is 10.9. The van der Waals surface area contributed by atoms with Crippen molar-refractivity contribution in [3.8, 4) is 0 Å². The summed E-state index contributed by atoms with van der Waals surface area (Å²) in [5.41, 5.74) is 10.3. The minimum absolute atomic E-state index is 0. The Morgan fingerprint density at radius 2 is 1.21 bits per heavy atom. The van der Waals surface area contributed by atoms with Crippen LogP contribution in [0.15, 0.2) is 0 Å². The molecule has 0 aromatic rings. The maximum atomic E-state index is 9.96. The van der Waals surface area contributed by atoms with Gasteiger partial charge >= 0.3 is 0 Å². The zero-order chi connectivity index (χ0) is 14.6. The first kappa shape index (κ1) is 24.1. The first-order chi connectivity index (χ1) is 8.36. The number of nitrogens with two attached hydrogens (primary N) is 2. The molecule has 0 unspecified atom stereocenters. The van der Waals surface area contributed by atoms with Crippen LogP contribution in [0.5, 0.6) is 0 Å². The van der Waals surface area contributed by atoms with Crippen LogP contribution in [0.1, 0.15) is 12.8 Å². The molecular weight excluding hydrogens is 340 g/mol. The van der Waals surface area contributed by atoms with Gasteiger partial charge in [0.05, 0.1) is 11.9 Å². The smallest absolute Gasteiger partial charge is 0.0582 e. The van der Waals surface area contributed by atoms with E-state index in [1.165, 1.54) is 0 Å². The van der Waals surface area contributed by atoms with Crippen molar-refractivity contribution in [2.24, 2.45) is 11.5 Å². The van der Waals surface area contributed by atoms with Gasteiger partial charge in [-0.3, -0.25) is 0 Å². The van der Waals surface area contributed by atoms with Crippen LogP contribution in [0.3, 0.4) is 0 Å². The van der Waals surface area contributed by atoms with Crippen molar-refractivity contribution in [3.63, 3.8) is 0 Å². The molecule has 0 spiro atoms. The second-order valence-electron chi connectivity index (χ2n) is 3.41. The number of carboxylic acids is 2. The molecule has 0 aromatic carbocycles. The van der Waals surface area contributed by atoms with Crippen LogP contribution in [0, 0.1) is 0 Å². The molecule has 0 aliphatic heterocycles. The molecule has 9 heteroatoms. The molecule has 0 aliphatic rings. The Bertz CT molecular complexity index is 224. The normalized spacial score (nSPS) is 12.4. The molecule has 6 nitrogen and oxygen atoms in total. The topological polar surface area (TPSA) is 132 Å². The van der Waals surface area contributed by atoms with Gasteiger partial charge in [-0.15, -0.1) is 0 Å². The Morgan fingerprint density at radius 1 is 0.947 bits per heavy atom. The van der Waals surface area contributed by atoms with Gasteiger partial charge in [-0.05, 0) is 36.9 Å². The van der Waals surface area contributed by atoms with E-state index in [2.05, 4.69) is 0 Å². The van der Waals surface area contributed by atoms with E-state index in [1.54, 1.807) is 23.5 Å². The van der Waals surface area contributed by atoms with E-state index in [4.69, 9.17) is 11.5 Å². The van der Waals surface area contributed by atoms with Gasteiger partial charge in [0.15, 0.2) is 0 Å². The standard InChI is InChI=1S/2C5H11NO2S.Cu/c2*1-9-3-2-4(6)5(7)8;/h2*4H,2-3,6H2,1H3,(H,7,8);/p-2/t2*4-;/m00./s1. The molecule has 0 rings (SSSR count). The van der Waals surface area contributed by atoms with Crippen LogP contribution in [-0.2, 0) is 26.7 Å². The number of rotatable bonds is 8. The van der Waals surface area contributed by atoms with Crippen molar-refractivity contribution >= 4 is 35.5 Å². The summed E-state index contributed by atoms with van der Waals surface area (Å²) in [6.45, 7) is 0. The number of hydrogen-bond acceptors (Lipinski definition) is 8. The molecule has 0 aliphatic carbocycles. The van der Waals surface area contributed by atoms with E-state index in [1.807, 2.05) is 12.5 Å². The maximum absolute atomic E-state index is 9.96. The van der Waals surface area contributed by atoms with Crippen LogP contribution in [0.25, 0.3) is 0 Å². The van der Waals surface area contributed by atoms with Gasteiger partial charge in [-0.2, -0.15) is 23.5 Å². The maximum Gasteiger partial charge on any atom is 0.0582 e. The minimum Gasteiger partial charge on any atom is -0.548 e. The summed E-state index contributed by atoms with van der Waals surface area (Å²) in [6.07, 6.45) is 4.79. The van der Waals surface area contributed by atoms with E-state index < -0.39 is 24.0 Å². The molecular formula is C10H20CuN2O4S2-2. The summed E-state index contributed by atoms with van der Waals surface area (Å²) in [5.74, 6) is -0.780. The summed E-state index contributed by atoms with van der Waals surface area (Å²) in [4.78, 5) is 19.9. The van der Waals surface area contributed by atoms with E-state index in [0.717, 1.165) is 11.5 Å².